The van der Waals surface area contributed by atoms with Gasteiger partial charge in [-0.3, -0.25) is 14.9 Å². The molecule has 1 aliphatic carbocycles. The quantitative estimate of drug-likeness (QED) is 0.619. The molecule has 0 unspecified atom stereocenters. The van der Waals surface area contributed by atoms with Gasteiger partial charge in [-0.25, -0.2) is 4.68 Å². The van der Waals surface area contributed by atoms with Crippen molar-refractivity contribution in [3.8, 4) is 5.69 Å². The molecule has 0 aliphatic heterocycles. The monoisotopic (exact) mass is 327 g/mol. The Bertz CT molecular complexity index is 844. The number of aromatic nitrogens is 2. The van der Waals surface area contributed by atoms with Gasteiger partial charge in [0.2, 0.25) is 0 Å². The van der Waals surface area contributed by atoms with E-state index in [0.29, 0.717) is 17.7 Å². The van der Waals surface area contributed by atoms with Crippen LogP contribution in [0.3, 0.4) is 0 Å². The summed E-state index contributed by atoms with van der Waals surface area (Å²) in [6, 6.07) is 4.75. The van der Waals surface area contributed by atoms with Gasteiger partial charge in [-0.2, -0.15) is 5.10 Å². The van der Waals surface area contributed by atoms with Crippen LogP contribution < -0.4 is 0 Å². The summed E-state index contributed by atoms with van der Waals surface area (Å²) in [6.07, 6.45) is 2.08. The van der Waals surface area contributed by atoms with Crippen molar-refractivity contribution < 1.29 is 9.72 Å². The van der Waals surface area contributed by atoms with Crippen molar-refractivity contribution in [3.05, 3.63) is 50.8 Å². The molecule has 1 aromatic heterocycles. The zero-order valence-corrected chi connectivity index (χ0v) is 14.4. The van der Waals surface area contributed by atoms with Crippen LogP contribution in [-0.4, -0.2) is 20.5 Å². The number of ketones is 1. The molecule has 24 heavy (non-hydrogen) atoms. The zero-order valence-electron chi connectivity index (χ0n) is 14.4. The lowest BCUT2D eigenvalue weighted by Crippen LogP contribution is -2.19. The molecule has 0 N–H and O–H groups in total. The first-order chi connectivity index (χ1) is 11.2. The molecule has 1 aliphatic rings. The summed E-state index contributed by atoms with van der Waals surface area (Å²) in [5.74, 6) is 0.121. The van der Waals surface area contributed by atoms with Crippen LogP contribution in [-0.2, 0) is 11.8 Å². The third kappa shape index (κ3) is 2.62. The van der Waals surface area contributed by atoms with Gasteiger partial charge in [-0.15, -0.1) is 0 Å². The first-order valence-electron chi connectivity index (χ1n) is 8.11. The fraction of sp³-hybridized carbons (Fsp3) is 0.444. The van der Waals surface area contributed by atoms with Gasteiger partial charge in [0, 0.05) is 24.0 Å². The highest BCUT2D eigenvalue weighted by Crippen LogP contribution is 2.34. The van der Waals surface area contributed by atoms with Gasteiger partial charge in [-0.05, 0) is 25.3 Å². The Morgan fingerprint density at radius 2 is 1.96 bits per heavy atom. The number of Topliss-reactive ketones (excluding diaryl/α,β-unsaturated/α-hetero) is 1. The van der Waals surface area contributed by atoms with E-state index in [1.54, 1.807) is 10.7 Å². The van der Waals surface area contributed by atoms with E-state index in [2.05, 4.69) is 0 Å². The Labute approximate surface area is 140 Å². The number of nitro benzene ring substituents is 1. The Hall–Kier alpha value is -2.50. The first-order valence-corrected chi connectivity index (χ1v) is 8.11. The molecular weight excluding hydrogens is 306 g/mol. The molecule has 0 saturated heterocycles. The molecule has 3 rings (SSSR count). The van der Waals surface area contributed by atoms with Crippen LogP contribution in [0.5, 0.6) is 0 Å². The third-order valence-electron chi connectivity index (χ3n) is 4.42. The van der Waals surface area contributed by atoms with E-state index in [1.165, 1.54) is 12.1 Å². The van der Waals surface area contributed by atoms with Crippen LogP contribution in [0.1, 0.15) is 60.9 Å². The van der Waals surface area contributed by atoms with E-state index in [0.717, 1.165) is 29.8 Å². The summed E-state index contributed by atoms with van der Waals surface area (Å²) < 4.78 is 1.75. The molecule has 2 aromatic rings. The lowest BCUT2D eigenvalue weighted by atomic mass is 9.84. The molecule has 0 saturated carbocycles. The number of carbonyl (C=O) groups is 1. The van der Waals surface area contributed by atoms with Gasteiger partial charge in [0.05, 0.1) is 27.6 Å². The summed E-state index contributed by atoms with van der Waals surface area (Å²) in [5, 5.41) is 15.8. The van der Waals surface area contributed by atoms with E-state index in [4.69, 9.17) is 5.10 Å². The number of benzene rings is 1. The molecule has 126 valence electrons. The van der Waals surface area contributed by atoms with E-state index in [-0.39, 0.29) is 16.9 Å². The number of carbonyl (C=O) groups excluding carboxylic acids is 1. The molecule has 0 bridgehead atoms. The average molecular weight is 327 g/mol. The highest BCUT2D eigenvalue weighted by Gasteiger charge is 2.33. The number of fused-ring (bicyclic) bond motifs is 1. The van der Waals surface area contributed by atoms with E-state index < -0.39 is 4.92 Å². The van der Waals surface area contributed by atoms with Crippen molar-refractivity contribution in [2.45, 2.75) is 52.4 Å². The number of nitro groups is 1. The van der Waals surface area contributed by atoms with Crippen molar-refractivity contribution in [1.29, 1.82) is 0 Å². The maximum absolute atomic E-state index is 12.5. The number of rotatable bonds is 2. The predicted octanol–water partition coefficient (Wildman–Crippen LogP) is 3.91. The predicted molar refractivity (Wildman–Crippen MR) is 90.9 cm³/mol. The molecule has 0 atom stereocenters. The van der Waals surface area contributed by atoms with Crippen LogP contribution in [0, 0.1) is 17.0 Å². The maximum atomic E-state index is 12.5. The standard InChI is InChI=1S/C18H21N3O3/c1-11-8-9-12(21(23)24)10-14(11)20-13-6-5-7-15(22)16(13)17(19-20)18(2,3)4/h8-10H,5-7H2,1-4H3. The van der Waals surface area contributed by atoms with E-state index >= 15 is 0 Å². The molecule has 1 heterocycles. The van der Waals surface area contributed by atoms with Crippen LogP contribution >= 0.6 is 0 Å². The second-order valence-electron chi connectivity index (χ2n) is 7.34. The normalized spacial score (nSPS) is 14.6. The Balaban J connectivity index is 2.29. The zero-order chi connectivity index (χ0) is 17.6. The molecule has 0 fully saturated rings. The Morgan fingerprint density at radius 1 is 1.25 bits per heavy atom. The highest BCUT2D eigenvalue weighted by molar-refractivity contribution is 5.99. The van der Waals surface area contributed by atoms with Gasteiger partial charge < -0.3 is 0 Å². The fourth-order valence-corrected chi connectivity index (χ4v) is 3.18. The minimum Gasteiger partial charge on any atom is -0.294 e. The largest absolute Gasteiger partial charge is 0.294 e. The second-order valence-corrected chi connectivity index (χ2v) is 7.34. The number of aryl methyl sites for hydroxylation is 1. The lowest BCUT2D eigenvalue weighted by Gasteiger charge is -2.19. The molecule has 0 radical (unpaired) electrons. The van der Waals surface area contributed by atoms with Crippen LogP contribution in [0.25, 0.3) is 5.69 Å². The average Bonchev–Trinajstić information content (AvgIpc) is 2.88. The fourth-order valence-electron chi connectivity index (χ4n) is 3.18. The first kappa shape index (κ1) is 16.4. The SMILES string of the molecule is Cc1ccc([N+](=O)[O-])cc1-n1nc(C(C)(C)C)c2c1CCCC2=O. The van der Waals surface area contributed by atoms with Crippen LogP contribution in [0.4, 0.5) is 5.69 Å². The minimum absolute atomic E-state index is 0.0271. The number of non-ortho nitro benzene ring substituents is 1. The van der Waals surface area contributed by atoms with Crippen molar-refractivity contribution in [1.82, 2.24) is 9.78 Å². The van der Waals surface area contributed by atoms with Gasteiger partial charge in [0.25, 0.3) is 5.69 Å². The van der Waals surface area contributed by atoms with Gasteiger partial charge >= 0.3 is 0 Å². The lowest BCUT2D eigenvalue weighted by molar-refractivity contribution is -0.384. The van der Waals surface area contributed by atoms with Crippen molar-refractivity contribution >= 4 is 11.5 Å². The molecule has 1 aromatic carbocycles. The Morgan fingerprint density at radius 3 is 2.58 bits per heavy atom. The number of hydrogen-bond donors (Lipinski definition) is 0. The van der Waals surface area contributed by atoms with Crippen molar-refractivity contribution in [3.63, 3.8) is 0 Å². The summed E-state index contributed by atoms with van der Waals surface area (Å²) >= 11 is 0. The molecule has 6 heteroatoms. The molecule has 0 spiro atoms. The third-order valence-corrected chi connectivity index (χ3v) is 4.42. The van der Waals surface area contributed by atoms with Crippen molar-refractivity contribution in [2.24, 2.45) is 0 Å². The topological polar surface area (TPSA) is 78.0 Å². The number of nitrogens with zero attached hydrogens (tertiary/aromatic N) is 3. The summed E-state index contributed by atoms with van der Waals surface area (Å²) in [5.41, 5.74) is 3.68. The Kier molecular flexibility index (Phi) is 3.78. The van der Waals surface area contributed by atoms with Crippen LogP contribution in [0.15, 0.2) is 18.2 Å². The van der Waals surface area contributed by atoms with Gasteiger partial charge in [0.1, 0.15) is 0 Å². The second kappa shape index (κ2) is 5.54. The summed E-state index contributed by atoms with van der Waals surface area (Å²) in [7, 11) is 0. The van der Waals surface area contributed by atoms with Crippen molar-refractivity contribution in [2.75, 3.05) is 0 Å². The van der Waals surface area contributed by atoms with Crippen LogP contribution in [0.2, 0.25) is 0 Å². The number of hydrogen-bond acceptors (Lipinski definition) is 4. The molecule has 6 nitrogen and oxygen atoms in total. The smallest absolute Gasteiger partial charge is 0.271 e. The molecular formula is C18H21N3O3. The minimum atomic E-state index is -0.408. The van der Waals surface area contributed by atoms with E-state index in [9.17, 15) is 14.9 Å². The molecule has 0 amide bonds. The van der Waals surface area contributed by atoms with Gasteiger partial charge in [0.15, 0.2) is 5.78 Å². The van der Waals surface area contributed by atoms with Gasteiger partial charge in [-0.1, -0.05) is 26.8 Å². The summed E-state index contributed by atoms with van der Waals surface area (Å²) in [4.78, 5) is 23.2. The highest BCUT2D eigenvalue weighted by atomic mass is 16.6. The van der Waals surface area contributed by atoms with E-state index in [1.807, 2.05) is 27.7 Å². The summed E-state index contributed by atoms with van der Waals surface area (Å²) in [6.45, 7) is 7.99. The maximum Gasteiger partial charge on any atom is 0.271 e.